The Morgan fingerprint density at radius 2 is 1.84 bits per heavy atom. The highest BCUT2D eigenvalue weighted by Crippen LogP contribution is 2.21. The minimum absolute atomic E-state index is 0.304. The van der Waals surface area contributed by atoms with Crippen LogP contribution in [0.25, 0.3) is 0 Å². The number of amides is 2. The molecule has 0 fully saturated rings. The van der Waals surface area contributed by atoms with Crippen LogP contribution in [0.1, 0.15) is 17.4 Å². The number of methoxy groups -OCH3 is 1. The maximum absolute atomic E-state index is 12.5. The number of carbonyl (C=O) groups is 1. The molecule has 1 atom stereocenters. The summed E-state index contributed by atoms with van der Waals surface area (Å²) in [5.74, 6) is 1.50. The van der Waals surface area contributed by atoms with Gasteiger partial charge in [-0.3, -0.25) is 0 Å². The quantitative estimate of drug-likeness (QED) is 0.751. The Labute approximate surface area is 146 Å². The van der Waals surface area contributed by atoms with Gasteiger partial charge in [0.2, 0.25) is 0 Å². The first-order valence-corrected chi connectivity index (χ1v) is 7.91. The Hall–Kier alpha value is -3.28. The van der Waals surface area contributed by atoms with E-state index in [2.05, 4.69) is 15.6 Å². The molecule has 6 nitrogen and oxygen atoms in total. The highest BCUT2D eigenvalue weighted by Gasteiger charge is 2.20. The molecule has 0 aliphatic rings. The molecule has 0 saturated heterocycles. The van der Waals surface area contributed by atoms with Gasteiger partial charge in [-0.05, 0) is 29.8 Å². The van der Waals surface area contributed by atoms with E-state index in [-0.39, 0.29) is 12.1 Å². The van der Waals surface area contributed by atoms with Crippen molar-refractivity contribution in [3.8, 4) is 5.75 Å². The van der Waals surface area contributed by atoms with Crippen molar-refractivity contribution < 1.29 is 9.53 Å². The van der Waals surface area contributed by atoms with Gasteiger partial charge in [0.25, 0.3) is 0 Å². The van der Waals surface area contributed by atoms with E-state index in [4.69, 9.17) is 4.74 Å². The predicted octanol–water partition coefficient (Wildman–Crippen LogP) is 3.34. The van der Waals surface area contributed by atoms with Crippen LogP contribution in [-0.4, -0.2) is 22.7 Å². The number of nitrogens with zero attached hydrogens (tertiary/aromatic N) is 2. The lowest BCUT2D eigenvalue weighted by Crippen LogP contribution is -2.34. The third kappa shape index (κ3) is 3.98. The van der Waals surface area contributed by atoms with E-state index in [9.17, 15) is 4.79 Å². The van der Waals surface area contributed by atoms with Crippen molar-refractivity contribution in [2.75, 3.05) is 12.4 Å². The highest BCUT2D eigenvalue weighted by atomic mass is 16.5. The third-order valence-corrected chi connectivity index (χ3v) is 3.87. The summed E-state index contributed by atoms with van der Waals surface area (Å²) in [6.45, 7) is 0. The lowest BCUT2D eigenvalue weighted by Gasteiger charge is -2.19. The fourth-order valence-corrected chi connectivity index (χ4v) is 2.57. The Morgan fingerprint density at radius 3 is 2.44 bits per heavy atom. The summed E-state index contributed by atoms with van der Waals surface area (Å²) in [7, 11) is 3.51. The first-order valence-electron chi connectivity index (χ1n) is 7.91. The number of hydrogen-bond acceptors (Lipinski definition) is 3. The Balaban J connectivity index is 1.78. The van der Waals surface area contributed by atoms with Crippen molar-refractivity contribution in [2.24, 2.45) is 7.05 Å². The summed E-state index contributed by atoms with van der Waals surface area (Å²) in [6.07, 6.45) is 3.57. The monoisotopic (exact) mass is 336 g/mol. The first kappa shape index (κ1) is 16.6. The number of urea groups is 1. The standard InChI is InChI=1S/C19H20N4O2/c1-23-13-12-20-18(23)17(14-6-4-3-5-7-14)22-19(24)21-15-8-10-16(25-2)11-9-15/h3-13,17H,1-2H3,(H2,21,22,24). The van der Waals surface area contributed by atoms with Gasteiger partial charge in [0.1, 0.15) is 17.6 Å². The van der Waals surface area contributed by atoms with Crippen LogP contribution in [0.2, 0.25) is 0 Å². The molecule has 0 radical (unpaired) electrons. The van der Waals surface area contributed by atoms with E-state index >= 15 is 0 Å². The Kier molecular flexibility index (Phi) is 4.99. The lowest BCUT2D eigenvalue weighted by atomic mass is 10.1. The number of rotatable bonds is 5. The number of aromatic nitrogens is 2. The molecule has 3 aromatic rings. The number of ether oxygens (including phenoxy) is 1. The van der Waals surface area contributed by atoms with Crippen molar-refractivity contribution in [1.82, 2.24) is 14.9 Å². The fraction of sp³-hybridized carbons (Fsp3) is 0.158. The molecule has 1 heterocycles. The van der Waals surface area contributed by atoms with Gasteiger partial charge in [-0.2, -0.15) is 0 Å². The van der Waals surface area contributed by atoms with Gasteiger partial charge in [-0.25, -0.2) is 9.78 Å². The van der Waals surface area contributed by atoms with Gasteiger partial charge < -0.3 is 19.9 Å². The number of nitrogens with one attached hydrogen (secondary N) is 2. The predicted molar refractivity (Wildman–Crippen MR) is 96.6 cm³/mol. The van der Waals surface area contributed by atoms with Gasteiger partial charge in [0.05, 0.1) is 7.11 Å². The molecule has 2 N–H and O–H groups in total. The zero-order valence-electron chi connectivity index (χ0n) is 14.1. The van der Waals surface area contributed by atoms with Gasteiger partial charge in [-0.1, -0.05) is 30.3 Å². The highest BCUT2D eigenvalue weighted by molar-refractivity contribution is 5.89. The second-order valence-corrected chi connectivity index (χ2v) is 5.57. The average molecular weight is 336 g/mol. The molecular formula is C19H20N4O2. The van der Waals surface area contributed by atoms with E-state index < -0.39 is 0 Å². The summed E-state index contributed by atoms with van der Waals surface area (Å²) in [4.78, 5) is 16.8. The number of carbonyl (C=O) groups excluding carboxylic acids is 1. The van der Waals surface area contributed by atoms with Crippen LogP contribution in [0.5, 0.6) is 5.75 Å². The number of imidazole rings is 1. The van der Waals surface area contributed by atoms with Crippen molar-refractivity contribution in [3.05, 3.63) is 78.4 Å². The van der Waals surface area contributed by atoms with E-state index in [0.717, 1.165) is 17.1 Å². The molecule has 0 bridgehead atoms. The molecule has 0 aliphatic carbocycles. The summed E-state index contributed by atoms with van der Waals surface area (Å²) < 4.78 is 7.01. The number of benzene rings is 2. The summed E-state index contributed by atoms with van der Waals surface area (Å²) >= 11 is 0. The van der Waals surface area contributed by atoms with E-state index in [1.165, 1.54) is 0 Å². The summed E-state index contributed by atoms with van der Waals surface area (Å²) in [5.41, 5.74) is 1.65. The van der Waals surface area contributed by atoms with Crippen LogP contribution in [0, 0.1) is 0 Å². The van der Waals surface area contributed by atoms with Crippen LogP contribution in [0.3, 0.4) is 0 Å². The zero-order valence-corrected chi connectivity index (χ0v) is 14.1. The molecule has 0 spiro atoms. The summed E-state index contributed by atoms with van der Waals surface area (Å²) in [5, 5.41) is 5.82. The smallest absolute Gasteiger partial charge is 0.320 e. The van der Waals surface area contributed by atoms with Crippen LogP contribution in [0.15, 0.2) is 67.0 Å². The van der Waals surface area contributed by atoms with E-state index in [1.807, 2.05) is 48.1 Å². The van der Waals surface area contributed by atoms with Crippen molar-refractivity contribution in [1.29, 1.82) is 0 Å². The number of hydrogen-bond donors (Lipinski definition) is 2. The number of aryl methyl sites for hydroxylation is 1. The largest absolute Gasteiger partial charge is 0.497 e. The molecule has 0 aliphatic heterocycles. The van der Waals surface area contributed by atoms with Crippen molar-refractivity contribution in [2.45, 2.75) is 6.04 Å². The lowest BCUT2D eigenvalue weighted by molar-refractivity contribution is 0.249. The summed E-state index contributed by atoms with van der Waals surface area (Å²) in [6, 6.07) is 16.3. The fourth-order valence-electron chi connectivity index (χ4n) is 2.57. The van der Waals surface area contributed by atoms with Crippen LogP contribution >= 0.6 is 0 Å². The topological polar surface area (TPSA) is 68.2 Å². The molecule has 0 saturated carbocycles. The average Bonchev–Trinajstić information content (AvgIpc) is 3.07. The molecule has 3 rings (SSSR count). The molecule has 25 heavy (non-hydrogen) atoms. The minimum atomic E-state index is -0.348. The van der Waals surface area contributed by atoms with E-state index in [1.54, 1.807) is 37.6 Å². The van der Waals surface area contributed by atoms with Gasteiger partial charge >= 0.3 is 6.03 Å². The third-order valence-electron chi connectivity index (χ3n) is 3.87. The molecule has 128 valence electrons. The maximum atomic E-state index is 12.5. The molecular weight excluding hydrogens is 316 g/mol. The molecule has 6 heteroatoms. The molecule has 2 aromatic carbocycles. The zero-order chi connectivity index (χ0) is 17.6. The number of anilines is 1. The molecule has 1 unspecified atom stereocenters. The van der Waals surface area contributed by atoms with Crippen LogP contribution in [-0.2, 0) is 7.05 Å². The molecule has 1 aromatic heterocycles. The molecule has 2 amide bonds. The second-order valence-electron chi connectivity index (χ2n) is 5.57. The second kappa shape index (κ2) is 7.53. The first-order chi connectivity index (χ1) is 12.2. The van der Waals surface area contributed by atoms with Gasteiger partial charge in [-0.15, -0.1) is 0 Å². The Morgan fingerprint density at radius 1 is 1.12 bits per heavy atom. The Bertz CT molecular complexity index is 828. The van der Waals surface area contributed by atoms with E-state index in [0.29, 0.717) is 5.69 Å². The SMILES string of the molecule is COc1ccc(NC(=O)NC(c2ccccc2)c2nccn2C)cc1. The minimum Gasteiger partial charge on any atom is -0.497 e. The van der Waals surface area contributed by atoms with Gasteiger partial charge in [0, 0.05) is 25.1 Å². The van der Waals surface area contributed by atoms with Gasteiger partial charge in [0.15, 0.2) is 0 Å². The van der Waals surface area contributed by atoms with Crippen LogP contribution < -0.4 is 15.4 Å². The maximum Gasteiger partial charge on any atom is 0.320 e. The van der Waals surface area contributed by atoms with Crippen LogP contribution in [0.4, 0.5) is 10.5 Å². The van der Waals surface area contributed by atoms with Crippen molar-refractivity contribution in [3.63, 3.8) is 0 Å². The normalized spacial score (nSPS) is 11.6. The van der Waals surface area contributed by atoms with Crippen molar-refractivity contribution >= 4 is 11.7 Å².